The van der Waals surface area contributed by atoms with Crippen LogP contribution in [0.15, 0.2) is 54.0 Å². The zero-order valence-electron chi connectivity index (χ0n) is 20.8. The van der Waals surface area contributed by atoms with Gasteiger partial charge in [0.2, 0.25) is 5.91 Å². The minimum absolute atomic E-state index is 0.0406. The second kappa shape index (κ2) is 10.9. The number of nitrogens with zero attached hydrogens (tertiary/aromatic N) is 5. The van der Waals surface area contributed by atoms with Gasteiger partial charge in [-0.1, -0.05) is 35.3 Å². The number of carbonyl (C=O) groups is 3. The maximum Gasteiger partial charge on any atom is 0.295 e. The van der Waals surface area contributed by atoms with Crippen molar-refractivity contribution in [2.24, 2.45) is 0 Å². The van der Waals surface area contributed by atoms with Gasteiger partial charge in [0, 0.05) is 34.6 Å². The van der Waals surface area contributed by atoms with Crippen molar-refractivity contribution < 1.29 is 28.3 Å². The van der Waals surface area contributed by atoms with E-state index < -0.39 is 58.6 Å². The van der Waals surface area contributed by atoms with Gasteiger partial charge in [0.05, 0.1) is 11.4 Å². The molecule has 5 rings (SSSR count). The Balaban J connectivity index is 1.68. The van der Waals surface area contributed by atoms with E-state index in [9.17, 15) is 23.9 Å². The molecule has 208 valence electrons. The molecule has 0 radical (unpaired) electrons. The molecule has 14 heteroatoms. The molecule has 1 saturated heterocycles. The van der Waals surface area contributed by atoms with E-state index in [0.717, 1.165) is 17.0 Å². The predicted octanol–water partition coefficient (Wildman–Crippen LogP) is 4.82. The van der Waals surface area contributed by atoms with Crippen LogP contribution in [0.4, 0.5) is 13.6 Å². The summed E-state index contributed by atoms with van der Waals surface area (Å²) in [6.07, 6.45) is 3.17. The number of halogens is 4. The smallest absolute Gasteiger partial charge is 0.295 e. The Morgan fingerprint density at radius 2 is 2.00 bits per heavy atom. The van der Waals surface area contributed by atoms with Gasteiger partial charge in [-0.05, 0) is 54.4 Å². The second-order valence-corrected chi connectivity index (χ2v) is 11.2. The molecule has 1 aromatic heterocycles. The average molecular weight is 608 g/mol. The molecular weight excluding hydrogens is 587 g/mol. The zero-order chi connectivity index (χ0) is 28.8. The maximum absolute atomic E-state index is 15.4. The second-order valence-electron chi connectivity index (χ2n) is 9.39. The molecule has 3 amide bonds. The molecule has 2 aliphatic rings. The van der Waals surface area contributed by atoms with Crippen LogP contribution in [-0.4, -0.2) is 58.9 Å². The largest absolute Gasteiger partial charge is 0.379 e. The van der Waals surface area contributed by atoms with E-state index in [2.05, 4.69) is 10.1 Å². The summed E-state index contributed by atoms with van der Waals surface area (Å²) < 4.78 is 30.4. The van der Waals surface area contributed by atoms with Crippen molar-refractivity contribution in [1.29, 1.82) is 0 Å². The molecule has 9 nitrogen and oxygen atoms in total. The quantitative estimate of drug-likeness (QED) is 0.365. The fraction of sp³-hybridized carbons (Fsp3) is 0.269. The minimum Gasteiger partial charge on any atom is -0.379 e. The molecule has 2 aromatic carbocycles. The number of hydrogen-bond donors (Lipinski definition) is 1. The SMILES string of the molecule is CC(=O)N(C1CC1)C(N1C(=O)S/C(=C\c2ccc(Cl)cc2Cl)C1=O)C(O)(Cn1cncn1)c1ccc(F)cc1F. The summed E-state index contributed by atoms with van der Waals surface area (Å²) in [4.78, 5) is 46.1. The third-order valence-corrected chi connectivity index (χ3v) is 8.03. The minimum atomic E-state index is -2.47. The van der Waals surface area contributed by atoms with E-state index in [0.29, 0.717) is 41.3 Å². The third-order valence-electron chi connectivity index (χ3n) is 6.58. The van der Waals surface area contributed by atoms with Gasteiger partial charge in [-0.3, -0.25) is 14.4 Å². The van der Waals surface area contributed by atoms with Crippen LogP contribution in [0, 0.1) is 11.6 Å². The summed E-state index contributed by atoms with van der Waals surface area (Å²) in [5.74, 6) is -3.43. The number of hydrogen-bond acceptors (Lipinski definition) is 7. The van der Waals surface area contributed by atoms with Crippen molar-refractivity contribution >= 4 is 58.1 Å². The van der Waals surface area contributed by atoms with E-state index in [-0.39, 0.29) is 9.93 Å². The van der Waals surface area contributed by atoms with Gasteiger partial charge >= 0.3 is 0 Å². The Labute approximate surface area is 241 Å². The van der Waals surface area contributed by atoms with Gasteiger partial charge in [-0.15, -0.1) is 0 Å². The molecule has 2 atom stereocenters. The first kappa shape index (κ1) is 28.2. The Hall–Kier alpha value is -3.32. The number of benzene rings is 2. The highest BCUT2D eigenvalue weighted by atomic mass is 35.5. The molecule has 1 aliphatic carbocycles. The third kappa shape index (κ3) is 5.36. The molecular formula is C26H21Cl2F2N5O4S. The van der Waals surface area contributed by atoms with Crippen LogP contribution in [-0.2, 0) is 21.7 Å². The molecule has 3 aromatic rings. The maximum atomic E-state index is 15.4. The van der Waals surface area contributed by atoms with Crippen molar-refractivity contribution in [2.75, 3.05) is 0 Å². The number of amides is 3. The standard InChI is InChI=1S/C26H21Cl2F2N5O4S/c1-14(36)34(18-5-6-18)24(26(39,11-33-13-31-12-32-33)19-7-4-17(29)10-21(19)30)35-23(37)22(40-25(35)38)8-15-2-3-16(27)9-20(15)28/h2-4,7-10,12-13,18,24,39H,5-6,11H2,1H3/b22-8-. The highest BCUT2D eigenvalue weighted by Crippen LogP contribution is 2.44. The summed E-state index contributed by atoms with van der Waals surface area (Å²) in [7, 11) is 0. The van der Waals surface area contributed by atoms with E-state index in [1.54, 1.807) is 12.1 Å². The van der Waals surface area contributed by atoms with E-state index in [1.165, 1.54) is 41.3 Å². The summed E-state index contributed by atoms with van der Waals surface area (Å²) in [5, 5.41) is 16.2. The summed E-state index contributed by atoms with van der Waals surface area (Å²) >= 11 is 12.8. The molecule has 0 bridgehead atoms. The normalized spacial score (nSPS) is 18.8. The predicted molar refractivity (Wildman–Crippen MR) is 144 cm³/mol. The van der Waals surface area contributed by atoms with Crippen LogP contribution in [0.2, 0.25) is 10.0 Å². The lowest BCUT2D eigenvalue weighted by Crippen LogP contribution is -2.64. The van der Waals surface area contributed by atoms with Crippen molar-refractivity contribution in [1.82, 2.24) is 24.6 Å². The Morgan fingerprint density at radius 3 is 2.60 bits per heavy atom. The lowest BCUT2D eigenvalue weighted by atomic mass is 9.87. The number of imide groups is 1. The lowest BCUT2D eigenvalue weighted by Gasteiger charge is -2.46. The molecule has 0 spiro atoms. The van der Waals surface area contributed by atoms with Gasteiger partial charge in [0.15, 0.2) is 11.8 Å². The number of thioether (sulfide) groups is 1. The highest BCUT2D eigenvalue weighted by molar-refractivity contribution is 8.18. The van der Waals surface area contributed by atoms with Crippen LogP contribution in [0.1, 0.15) is 30.9 Å². The molecule has 1 N–H and O–H groups in total. The van der Waals surface area contributed by atoms with Crippen LogP contribution >= 0.6 is 35.0 Å². The topological polar surface area (TPSA) is 109 Å². The fourth-order valence-corrected chi connectivity index (χ4v) is 6.01. The van der Waals surface area contributed by atoms with Crippen LogP contribution < -0.4 is 0 Å². The van der Waals surface area contributed by atoms with E-state index >= 15 is 4.39 Å². The molecule has 2 unspecified atom stereocenters. The molecule has 2 heterocycles. The average Bonchev–Trinajstić information content (AvgIpc) is 3.51. The van der Waals surface area contributed by atoms with E-state index in [1.807, 2.05) is 0 Å². The van der Waals surface area contributed by atoms with Crippen molar-refractivity contribution in [2.45, 2.75) is 44.1 Å². The fourth-order valence-electron chi connectivity index (χ4n) is 4.71. The zero-order valence-corrected chi connectivity index (χ0v) is 23.1. The first-order valence-electron chi connectivity index (χ1n) is 12.0. The van der Waals surface area contributed by atoms with Gasteiger partial charge < -0.3 is 10.0 Å². The van der Waals surface area contributed by atoms with Crippen molar-refractivity contribution in [3.63, 3.8) is 0 Å². The van der Waals surface area contributed by atoms with Gasteiger partial charge in [-0.2, -0.15) is 5.10 Å². The molecule has 1 saturated carbocycles. The Kier molecular flexibility index (Phi) is 7.71. The number of aliphatic hydroxyl groups is 1. The lowest BCUT2D eigenvalue weighted by molar-refractivity contribution is -0.162. The molecule has 40 heavy (non-hydrogen) atoms. The van der Waals surface area contributed by atoms with Crippen molar-refractivity contribution in [3.05, 3.63) is 86.8 Å². The van der Waals surface area contributed by atoms with Crippen LogP contribution in [0.3, 0.4) is 0 Å². The first-order chi connectivity index (χ1) is 19.0. The van der Waals surface area contributed by atoms with E-state index in [4.69, 9.17) is 23.2 Å². The summed E-state index contributed by atoms with van der Waals surface area (Å²) in [6, 6.07) is 6.69. The molecule has 1 aliphatic heterocycles. The van der Waals surface area contributed by atoms with Crippen LogP contribution in [0.5, 0.6) is 0 Å². The first-order valence-corrected chi connectivity index (χ1v) is 13.6. The van der Waals surface area contributed by atoms with Gasteiger partial charge in [0.25, 0.3) is 11.1 Å². The number of carbonyl (C=O) groups excluding carboxylic acids is 3. The number of rotatable bonds is 8. The monoisotopic (exact) mass is 607 g/mol. The summed E-state index contributed by atoms with van der Waals surface area (Å²) in [5.41, 5.74) is -2.51. The Morgan fingerprint density at radius 1 is 1.25 bits per heavy atom. The van der Waals surface area contributed by atoms with Crippen molar-refractivity contribution in [3.8, 4) is 0 Å². The van der Waals surface area contributed by atoms with Gasteiger partial charge in [0.1, 0.15) is 24.3 Å². The number of aromatic nitrogens is 3. The van der Waals surface area contributed by atoms with Crippen LogP contribution in [0.25, 0.3) is 6.08 Å². The molecule has 2 fully saturated rings. The highest BCUT2D eigenvalue weighted by Gasteiger charge is 2.57. The van der Waals surface area contributed by atoms with Gasteiger partial charge in [-0.25, -0.2) is 23.3 Å². The summed E-state index contributed by atoms with van der Waals surface area (Å²) in [6.45, 7) is 0.700. The Bertz CT molecular complexity index is 1540.